The number of aromatic nitrogens is 1. The fourth-order valence-electron chi connectivity index (χ4n) is 1.80. The van der Waals surface area contributed by atoms with Crippen LogP contribution in [-0.4, -0.2) is 22.9 Å². The zero-order valence-electron chi connectivity index (χ0n) is 11.1. The molecule has 0 fully saturated rings. The molecule has 17 heavy (non-hydrogen) atoms. The van der Waals surface area contributed by atoms with Gasteiger partial charge in [0.25, 0.3) is 0 Å². The summed E-state index contributed by atoms with van der Waals surface area (Å²) >= 11 is 0. The van der Waals surface area contributed by atoms with Gasteiger partial charge in [0.2, 0.25) is 0 Å². The molecular formula is C14H22N2O. The molecule has 0 bridgehead atoms. The molecule has 1 aromatic heterocycles. The van der Waals surface area contributed by atoms with E-state index in [1.165, 1.54) is 0 Å². The monoisotopic (exact) mass is 234 g/mol. The van der Waals surface area contributed by atoms with E-state index in [1.54, 1.807) is 6.20 Å². The van der Waals surface area contributed by atoms with Crippen LogP contribution in [0.1, 0.15) is 33.3 Å². The number of Topliss-reactive ketones (excluding diaryl/α,β-unsaturated/α-hetero) is 1. The van der Waals surface area contributed by atoms with Crippen LogP contribution in [0.2, 0.25) is 0 Å². The molecule has 0 saturated heterocycles. The van der Waals surface area contributed by atoms with E-state index in [1.807, 2.05) is 32.2 Å². The zero-order chi connectivity index (χ0) is 12.8. The normalized spacial score (nSPS) is 13.1. The predicted molar refractivity (Wildman–Crippen MR) is 69.8 cm³/mol. The van der Waals surface area contributed by atoms with Crippen molar-refractivity contribution in [2.75, 3.05) is 0 Å². The Morgan fingerprint density at radius 2 is 2.06 bits per heavy atom. The van der Waals surface area contributed by atoms with Crippen LogP contribution in [0.15, 0.2) is 24.5 Å². The van der Waals surface area contributed by atoms with E-state index >= 15 is 0 Å². The molecular weight excluding hydrogens is 212 g/mol. The lowest BCUT2D eigenvalue weighted by Gasteiger charge is -2.21. The van der Waals surface area contributed by atoms with Gasteiger partial charge in [0, 0.05) is 24.4 Å². The van der Waals surface area contributed by atoms with E-state index in [2.05, 4.69) is 24.1 Å². The van der Waals surface area contributed by atoms with E-state index in [0.717, 1.165) is 5.56 Å². The van der Waals surface area contributed by atoms with Gasteiger partial charge in [-0.1, -0.05) is 33.8 Å². The van der Waals surface area contributed by atoms with Crippen LogP contribution < -0.4 is 5.32 Å². The molecule has 0 aromatic carbocycles. The second kappa shape index (κ2) is 6.50. The van der Waals surface area contributed by atoms with Gasteiger partial charge >= 0.3 is 0 Å². The maximum absolute atomic E-state index is 12.1. The molecule has 1 N–H and O–H groups in total. The number of hydrogen-bond acceptors (Lipinski definition) is 3. The highest BCUT2D eigenvalue weighted by Gasteiger charge is 2.21. The first-order valence-electron chi connectivity index (χ1n) is 6.19. The quantitative estimate of drug-likeness (QED) is 0.820. The van der Waals surface area contributed by atoms with Gasteiger partial charge in [0.05, 0.1) is 6.04 Å². The molecule has 1 rings (SSSR count). The lowest BCUT2D eigenvalue weighted by molar-refractivity contribution is -0.124. The third-order valence-corrected chi connectivity index (χ3v) is 2.61. The molecule has 0 amide bonds. The van der Waals surface area contributed by atoms with Crippen LogP contribution in [0.3, 0.4) is 0 Å². The largest absolute Gasteiger partial charge is 0.305 e. The minimum atomic E-state index is -0.112. The Bertz CT molecular complexity index is 346. The summed E-state index contributed by atoms with van der Waals surface area (Å²) in [7, 11) is 0. The Hall–Kier alpha value is -1.22. The van der Waals surface area contributed by atoms with Crippen molar-refractivity contribution >= 4 is 5.78 Å². The van der Waals surface area contributed by atoms with E-state index in [9.17, 15) is 4.79 Å². The summed E-state index contributed by atoms with van der Waals surface area (Å²) < 4.78 is 0. The van der Waals surface area contributed by atoms with E-state index in [-0.39, 0.29) is 17.7 Å². The number of pyridine rings is 1. The van der Waals surface area contributed by atoms with Gasteiger partial charge in [-0.15, -0.1) is 0 Å². The van der Waals surface area contributed by atoms with E-state index in [0.29, 0.717) is 12.5 Å². The number of hydrogen-bond donors (Lipinski definition) is 1. The third kappa shape index (κ3) is 4.65. The first-order valence-corrected chi connectivity index (χ1v) is 6.19. The van der Waals surface area contributed by atoms with Gasteiger partial charge in [-0.3, -0.25) is 9.78 Å². The van der Waals surface area contributed by atoms with Crippen LogP contribution in [0.5, 0.6) is 0 Å². The van der Waals surface area contributed by atoms with Crippen molar-refractivity contribution in [2.24, 2.45) is 5.92 Å². The number of nitrogens with zero attached hydrogens (tertiary/aromatic N) is 1. The van der Waals surface area contributed by atoms with Gasteiger partial charge < -0.3 is 5.32 Å². The maximum Gasteiger partial charge on any atom is 0.152 e. The fraction of sp³-hybridized carbons (Fsp3) is 0.571. The minimum Gasteiger partial charge on any atom is -0.305 e. The standard InChI is InChI=1S/C14H22N2O/c1-10(2)14(17)13(16-11(3)4)8-12-6-5-7-15-9-12/h5-7,9-11,13,16H,8H2,1-4H3. The van der Waals surface area contributed by atoms with Gasteiger partial charge in [0.15, 0.2) is 5.78 Å². The predicted octanol–water partition coefficient (Wildman–Crippen LogP) is 2.22. The van der Waals surface area contributed by atoms with Crippen LogP contribution in [0.4, 0.5) is 0 Å². The smallest absolute Gasteiger partial charge is 0.152 e. The summed E-state index contributed by atoms with van der Waals surface area (Å²) in [6, 6.07) is 4.11. The Balaban J connectivity index is 2.74. The van der Waals surface area contributed by atoms with Crippen molar-refractivity contribution in [1.29, 1.82) is 0 Å². The summed E-state index contributed by atoms with van der Waals surface area (Å²) in [6.07, 6.45) is 4.28. The SMILES string of the molecule is CC(C)NC(Cc1cccnc1)C(=O)C(C)C. The summed E-state index contributed by atoms with van der Waals surface area (Å²) in [5.74, 6) is 0.325. The maximum atomic E-state index is 12.1. The number of ketones is 1. The third-order valence-electron chi connectivity index (χ3n) is 2.61. The Labute approximate surface area is 104 Å². The van der Waals surface area contributed by atoms with Gasteiger partial charge in [0.1, 0.15) is 0 Å². The highest BCUT2D eigenvalue weighted by molar-refractivity contribution is 5.86. The van der Waals surface area contributed by atoms with Crippen LogP contribution in [0.25, 0.3) is 0 Å². The molecule has 1 unspecified atom stereocenters. The molecule has 1 heterocycles. The average molecular weight is 234 g/mol. The van der Waals surface area contributed by atoms with Gasteiger partial charge in [-0.05, 0) is 18.1 Å². The van der Waals surface area contributed by atoms with Crippen molar-refractivity contribution in [3.05, 3.63) is 30.1 Å². The summed E-state index contributed by atoms with van der Waals surface area (Å²) in [5.41, 5.74) is 1.10. The summed E-state index contributed by atoms with van der Waals surface area (Å²) in [5, 5.41) is 3.33. The van der Waals surface area contributed by atoms with E-state index < -0.39 is 0 Å². The lowest BCUT2D eigenvalue weighted by Crippen LogP contribution is -2.44. The number of nitrogens with one attached hydrogen (secondary N) is 1. The van der Waals surface area contributed by atoms with Crippen molar-refractivity contribution in [2.45, 2.75) is 46.2 Å². The van der Waals surface area contributed by atoms with Gasteiger partial charge in [-0.25, -0.2) is 0 Å². The zero-order valence-corrected chi connectivity index (χ0v) is 11.1. The molecule has 0 aliphatic heterocycles. The molecule has 3 nitrogen and oxygen atoms in total. The molecule has 94 valence electrons. The molecule has 0 saturated carbocycles. The second-order valence-corrected chi connectivity index (χ2v) is 5.00. The Morgan fingerprint density at radius 1 is 1.35 bits per heavy atom. The van der Waals surface area contributed by atoms with Crippen molar-refractivity contribution in [3.63, 3.8) is 0 Å². The molecule has 1 aromatic rings. The summed E-state index contributed by atoms with van der Waals surface area (Å²) in [6.45, 7) is 8.01. The summed E-state index contributed by atoms with van der Waals surface area (Å²) in [4.78, 5) is 16.2. The molecule has 0 aliphatic rings. The number of rotatable bonds is 6. The minimum absolute atomic E-state index is 0.0583. The Kier molecular flexibility index (Phi) is 5.29. The molecule has 0 aliphatic carbocycles. The van der Waals surface area contributed by atoms with Crippen LogP contribution >= 0.6 is 0 Å². The Morgan fingerprint density at radius 3 is 2.53 bits per heavy atom. The van der Waals surface area contributed by atoms with Crippen molar-refractivity contribution in [1.82, 2.24) is 10.3 Å². The average Bonchev–Trinajstić information content (AvgIpc) is 2.28. The molecule has 0 radical (unpaired) electrons. The van der Waals surface area contributed by atoms with Crippen molar-refractivity contribution < 1.29 is 4.79 Å². The van der Waals surface area contributed by atoms with Crippen LogP contribution in [0, 0.1) is 5.92 Å². The lowest BCUT2D eigenvalue weighted by atomic mass is 9.96. The topological polar surface area (TPSA) is 42.0 Å². The van der Waals surface area contributed by atoms with Crippen LogP contribution in [-0.2, 0) is 11.2 Å². The number of carbonyl (C=O) groups excluding carboxylic acids is 1. The van der Waals surface area contributed by atoms with Crippen molar-refractivity contribution in [3.8, 4) is 0 Å². The molecule has 3 heteroatoms. The molecule has 1 atom stereocenters. The molecule has 0 spiro atoms. The van der Waals surface area contributed by atoms with E-state index in [4.69, 9.17) is 0 Å². The second-order valence-electron chi connectivity index (χ2n) is 5.00. The number of carbonyl (C=O) groups is 1. The van der Waals surface area contributed by atoms with Gasteiger partial charge in [-0.2, -0.15) is 0 Å². The highest BCUT2D eigenvalue weighted by atomic mass is 16.1. The highest BCUT2D eigenvalue weighted by Crippen LogP contribution is 2.08. The first kappa shape index (κ1) is 13.8. The fourth-order valence-corrected chi connectivity index (χ4v) is 1.80. The first-order chi connectivity index (χ1) is 8.00.